The Morgan fingerprint density at radius 2 is 1.55 bits per heavy atom. The molecule has 1 rings (SSSR count). The van der Waals surface area contributed by atoms with Crippen LogP contribution in [-0.4, -0.2) is 49.1 Å². The summed E-state index contributed by atoms with van der Waals surface area (Å²) in [5.41, 5.74) is 0. The molecule has 1 unspecified atom stereocenters. The lowest BCUT2D eigenvalue weighted by Crippen LogP contribution is -2.41. The Morgan fingerprint density at radius 1 is 1.00 bits per heavy atom. The SMILES string of the molecule is CC(=O)OC[C@H]1OC(OBr)[C@H](OC(C)=O)[C@@H]1OC(C)=O. The molecule has 0 aromatic rings. The standard InChI is InChI=1S/C11H15BrO8/c1-5(13)16-4-8-9(17-6(2)14)10(18-7(3)15)11(19-8)20-12/h8-11H,4H2,1-3H3/t8-,9-,10-,11?/m1/s1. The van der Waals surface area contributed by atoms with E-state index in [1.165, 1.54) is 20.8 Å². The summed E-state index contributed by atoms with van der Waals surface area (Å²) in [6, 6.07) is 0. The number of carbonyl (C=O) groups excluding carboxylic acids is 3. The van der Waals surface area contributed by atoms with Gasteiger partial charge in [0, 0.05) is 20.8 Å². The van der Waals surface area contributed by atoms with Crippen LogP contribution in [0.15, 0.2) is 0 Å². The van der Waals surface area contributed by atoms with Crippen molar-refractivity contribution in [3.05, 3.63) is 0 Å². The van der Waals surface area contributed by atoms with Crippen LogP contribution < -0.4 is 0 Å². The van der Waals surface area contributed by atoms with Crippen molar-refractivity contribution in [3.63, 3.8) is 0 Å². The van der Waals surface area contributed by atoms with E-state index in [1.54, 1.807) is 0 Å². The normalized spacial score (nSPS) is 28.8. The minimum atomic E-state index is -0.983. The molecule has 1 heterocycles. The molecule has 9 heteroatoms. The van der Waals surface area contributed by atoms with Gasteiger partial charge in [0.2, 0.25) is 6.29 Å². The van der Waals surface area contributed by atoms with Gasteiger partial charge in [-0.1, -0.05) is 0 Å². The van der Waals surface area contributed by atoms with E-state index in [2.05, 4.69) is 16.3 Å². The number of esters is 3. The summed E-state index contributed by atoms with van der Waals surface area (Å²) in [4.78, 5) is 33.1. The molecule has 0 aliphatic carbocycles. The first-order chi connectivity index (χ1) is 9.35. The van der Waals surface area contributed by atoms with Gasteiger partial charge in [0.25, 0.3) is 0 Å². The minimum absolute atomic E-state index is 0.155. The molecular formula is C11H15BrO8. The third-order valence-electron chi connectivity index (χ3n) is 2.41. The van der Waals surface area contributed by atoms with Crippen molar-refractivity contribution in [2.24, 2.45) is 0 Å². The molecule has 0 aromatic heterocycles. The molecule has 1 aliphatic heterocycles. The predicted octanol–water partition coefficient (Wildman–Crippen LogP) is 0.464. The first-order valence-electron chi connectivity index (χ1n) is 5.75. The second-order valence-corrected chi connectivity index (χ2v) is 4.46. The predicted molar refractivity (Wildman–Crippen MR) is 66.4 cm³/mol. The summed E-state index contributed by atoms with van der Waals surface area (Å²) >= 11 is 2.74. The second-order valence-electron chi connectivity index (χ2n) is 4.08. The van der Waals surface area contributed by atoms with Crippen molar-refractivity contribution >= 4 is 34.2 Å². The molecule has 0 radical (unpaired) electrons. The number of hydrogen-bond donors (Lipinski definition) is 0. The zero-order valence-electron chi connectivity index (χ0n) is 11.2. The summed E-state index contributed by atoms with van der Waals surface area (Å²) < 4.78 is 25.2. The van der Waals surface area contributed by atoms with Crippen molar-refractivity contribution in [3.8, 4) is 0 Å². The van der Waals surface area contributed by atoms with Crippen molar-refractivity contribution in [2.75, 3.05) is 6.61 Å². The smallest absolute Gasteiger partial charge is 0.303 e. The highest BCUT2D eigenvalue weighted by Crippen LogP contribution is 2.29. The summed E-state index contributed by atoms with van der Waals surface area (Å²) in [5.74, 6) is -1.68. The molecule has 8 nitrogen and oxygen atoms in total. The zero-order chi connectivity index (χ0) is 15.3. The number of halogens is 1. The molecular weight excluding hydrogens is 340 g/mol. The summed E-state index contributed by atoms with van der Waals surface area (Å²) in [6.45, 7) is 3.49. The fourth-order valence-electron chi connectivity index (χ4n) is 1.75. The molecule has 0 aromatic carbocycles. The summed E-state index contributed by atoms with van der Waals surface area (Å²) in [6.07, 6.45) is -3.67. The van der Waals surface area contributed by atoms with E-state index >= 15 is 0 Å². The Morgan fingerprint density at radius 3 is 2.00 bits per heavy atom. The number of carbonyl (C=O) groups is 3. The van der Waals surface area contributed by atoms with Gasteiger partial charge in [-0.2, -0.15) is 0 Å². The Bertz CT molecular complexity index is 385. The fourth-order valence-corrected chi connectivity index (χ4v) is 2.05. The van der Waals surface area contributed by atoms with Crippen LogP contribution in [0.5, 0.6) is 0 Å². The van der Waals surface area contributed by atoms with Gasteiger partial charge in [-0.05, 0) is 0 Å². The maximum atomic E-state index is 11.1. The van der Waals surface area contributed by atoms with Crippen molar-refractivity contribution < 1.29 is 37.2 Å². The van der Waals surface area contributed by atoms with Crippen LogP contribution in [0.1, 0.15) is 20.8 Å². The van der Waals surface area contributed by atoms with E-state index in [-0.39, 0.29) is 6.61 Å². The van der Waals surface area contributed by atoms with E-state index in [4.69, 9.17) is 22.8 Å². The number of ether oxygens (including phenoxy) is 4. The van der Waals surface area contributed by atoms with Gasteiger partial charge in [0.1, 0.15) is 29.0 Å². The van der Waals surface area contributed by atoms with Gasteiger partial charge in [-0.25, -0.2) is 0 Å². The van der Waals surface area contributed by atoms with Crippen molar-refractivity contribution in [1.29, 1.82) is 0 Å². The van der Waals surface area contributed by atoms with Crippen LogP contribution in [0.25, 0.3) is 0 Å². The minimum Gasteiger partial charge on any atom is -0.463 e. The topological polar surface area (TPSA) is 97.4 Å². The summed E-state index contributed by atoms with van der Waals surface area (Å²) in [7, 11) is 0. The first kappa shape index (κ1) is 16.9. The lowest BCUT2D eigenvalue weighted by molar-refractivity contribution is -0.169. The highest BCUT2D eigenvalue weighted by molar-refractivity contribution is 9.06. The molecule has 4 atom stereocenters. The lowest BCUT2D eigenvalue weighted by atomic mass is 10.1. The molecule has 0 N–H and O–H groups in total. The highest BCUT2D eigenvalue weighted by Gasteiger charge is 2.50. The molecule has 1 saturated heterocycles. The molecule has 1 fully saturated rings. The maximum Gasteiger partial charge on any atom is 0.303 e. The summed E-state index contributed by atoms with van der Waals surface area (Å²) in [5, 5.41) is 0. The monoisotopic (exact) mass is 354 g/mol. The zero-order valence-corrected chi connectivity index (χ0v) is 12.7. The van der Waals surface area contributed by atoms with E-state index < -0.39 is 42.5 Å². The Hall–Kier alpha value is -1.19. The quantitative estimate of drug-likeness (QED) is 0.518. The van der Waals surface area contributed by atoms with E-state index in [9.17, 15) is 14.4 Å². The van der Waals surface area contributed by atoms with Gasteiger partial charge in [0.05, 0.1) is 0 Å². The van der Waals surface area contributed by atoms with Crippen LogP contribution in [0, 0.1) is 0 Å². The van der Waals surface area contributed by atoms with E-state index in [0.29, 0.717) is 0 Å². The molecule has 20 heavy (non-hydrogen) atoms. The van der Waals surface area contributed by atoms with Crippen LogP contribution in [-0.2, 0) is 37.2 Å². The lowest BCUT2D eigenvalue weighted by Gasteiger charge is -2.22. The Balaban J connectivity index is 2.84. The average Bonchev–Trinajstić information content (AvgIpc) is 2.63. The number of hydrogen-bond acceptors (Lipinski definition) is 8. The van der Waals surface area contributed by atoms with E-state index in [0.717, 1.165) is 0 Å². The van der Waals surface area contributed by atoms with Gasteiger partial charge in [-0.3, -0.25) is 18.2 Å². The second kappa shape index (κ2) is 7.55. The fraction of sp³-hybridized carbons (Fsp3) is 0.727. The number of rotatable bonds is 5. The van der Waals surface area contributed by atoms with Gasteiger partial charge in [-0.15, -0.1) is 0 Å². The van der Waals surface area contributed by atoms with Crippen LogP contribution in [0.4, 0.5) is 0 Å². The maximum absolute atomic E-state index is 11.1. The Kier molecular flexibility index (Phi) is 6.37. The highest BCUT2D eigenvalue weighted by atomic mass is 79.9. The van der Waals surface area contributed by atoms with Crippen molar-refractivity contribution in [2.45, 2.75) is 45.4 Å². The molecule has 0 amide bonds. The van der Waals surface area contributed by atoms with Crippen LogP contribution in [0.3, 0.4) is 0 Å². The molecule has 0 saturated carbocycles. The van der Waals surface area contributed by atoms with Gasteiger partial charge < -0.3 is 18.9 Å². The third kappa shape index (κ3) is 4.73. The van der Waals surface area contributed by atoms with Gasteiger partial charge >= 0.3 is 17.9 Å². The Labute approximate surface area is 124 Å². The van der Waals surface area contributed by atoms with E-state index in [1.807, 2.05) is 0 Å². The molecule has 1 aliphatic rings. The largest absolute Gasteiger partial charge is 0.463 e. The van der Waals surface area contributed by atoms with Crippen molar-refractivity contribution in [1.82, 2.24) is 0 Å². The first-order valence-corrected chi connectivity index (χ1v) is 6.40. The molecule has 0 spiro atoms. The van der Waals surface area contributed by atoms with Crippen LogP contribution in [0.2, 0.25) is 0 Å². The molecule has 0 bridgehead atoms. The van der Waals surface area contributed by atoms with Crippen LogP contribution >= 0.6 is 16.3 Å². The van der Waals surface area contributed by atoms with Gasteiger partial charge in [0.15, 0.2) is 12.2 Å². The third-order valence-corrected chi connectivity index (χ3v) is 2.78. The molecule has 114 valence electrons. The average molecular weight is 355 g/mol.